The Morgan fingerprint density at radius 2 is 1.81 bits per heavy atom. The number of halogens is 1. The number of rotatable bonds is 2. The maximum atomic E-state index is 13.1. The van der Waals surface area contributed by atoms with Gasteiger partial charge >= 0.3 is 0 Å². The van der Waals surface area contributed by atoms with Crippen LogP contribution in [0.25, 0.3) is 0 Å². The fraction of sp³-hybridized carbons (Fsp3) is 0.450. The minimum absolute atomic E-state index is 0.0537. The topological polar surface area (TPSA) is 52.6 Å². The summed E-state index contributed by atoms with van der Waals surface area (Å²) < 4.78 is 0.834. The van der Waals surface area contributed by atoms with Crippen molar-refractivity contribution < 1.29 is 4.79 Å². The molecule has 3 heterocycles. The number of nitrogens with zero attached hydrogens (tertiary/aromatic N) is 5. The number of fused-ring (bicyclic) bond motifs is 1. The van der Waals surface area contributed by atoms with Crippen molar-refractivity contribution in [1.82, 2.24) is 19.8 Å². The second kappa shape index (κ2) is 7.56. The Morgan fingerprint density at radius 1 is 1.07 bits per heavy atom. The Balaban J connectivity index is 1.63. The Morgan fingerprint density at radius 3 is 2.56 bits per heavy atom. The highest BCUT2D eigenvalue weighted by Crippen LogP contribution is 2.29. The van der Waals surface area contributed by atoms with Gasteiger partial charge in [-0.05, 0) is 42.0 Å². The molecule has 7 heteroatoms. The molecule has 1 amide bonds. The molecule has 0 unspecified atom stereocenters. The maximum Gasteiger partial charge on any atom is 0.255 e. The number of likely N-dealkylation sites (N-methyl/N-ethyl adjacent to an activating group) is 1. The van der Waals surface area contributed by atoms with Gasteiger partial charge < -0.3 is 14.7 Å². The highest BCUT2D eigenvalue weighted by atomic mass is 79.9. The van der Waals surface area contributed by atoms with Crippen molar-refractivity contribution in [1.29, 1.82) is 0 Å². The lowest BCUT2D eigenvalue weighted by molar-refractivity contribution is 0.0732. The number of amides is 1. The third-order valence-electron chi connectivity index (χ3n) is 5.34. The van der Waals surface area contributed by atoms with Gasteiger partial charge in [-0.2, -0.15) is 0 Å². The van der Waals surface area contributed by atoms with Crippen molar-refractivity contribution in [2.75, 3.05) is 44.7 Å². The summed E-state index contributed by atoms with van der Waals surface area (Å²) >= 11 is 3.50. The number of hydrogen-bond donors (Lipinski definition) is 0. The lowest BCUT2D eigenvalue weighted by Crippen LogP contribution is -2.46. The summed E-state index contributed by atoms with van der Waals surface area (Å²) in [6.07, 6.45) is 0.773. The molecule has 6 nitrogen and oxygen atoms in total. The van der Waals surface area contributed by atoms with Crippen LogP contribution >= 0.6 is 15.9 Å². The molecule has 1 saturated heterocycles. The molecular weight excluding hydrogens is 406 g/mol. The van der Waals surface area contributed by atoms with Crippen LogP contribution in [0.2, 0.25) is 0 Å². The van der Waals surface area contributed by atoms with E-state index in [1.54, 1.807) is 0 Å². The van der Waals surface area contributed by atoms with Gasteiger partial charge in [-0.25, -0.2) is 9.97 Å². The van der Waals surface area contributed by atoms with Crippen molar-refractivity contribution >= 4 is 27.7 Å². The molecule has 4 rings (SSSR count). The quantitative estimate of drug-likeness (QED) is 0.733. The van der Waals surface area contributed by atoms with E-state index in [0.29, 0.717) is 18.7 Å². The lowest BCUT2D eigenvalue weighted by Gasteiger charge is -2.37. The molecule has 142 valence electrons. The monoisotopic (exact) mass is 429 g/mol. The summed E-state index contributed by atoms with van der Waals surface area (Å²) in [6, 6.07) is 7.61. The van der Waals surface area contributed by atoms with Gasteiger partial charge in [-0.15, -0.1) is 0 Å². The van der Waals surface area contributed by atoms with E-state index in [1.165, 1.54) is 0 Å². The molecule has 0 atom stereocenters. The molecule has 0 radical (unpaired) electrons. The average molecular weight is 430 g/mol. The molecule has 0 bridgehead atoms. The van der Waals surface area contributed by atoms with Gasteiger partial charge in [0.15, 0.2) is 0 Å². The Labute approximate surface area is 168 Å². The summed E-state index contributed by atoms with van der Waals surface area (Å²) in [5, 5.41) is 0. The Bertz CT molecular complexity index is 863. The van der Waals surface area contributed by atoms with Crippen molar-refractivity contribution in [3.63, 3.8) is 0 Å². The number of benzene rings is 1. The molecule has 0 aliphatic carbocycles. The van der Waals surface area contributed by atoms with Gasteiger partial charge in [0.1, 0.15) is 11.6 Å². The summed E-state index contributed by atoms with van der Waals surface area (Å²) in [5.41, 5.74) is 2.90. The van der Waals surface area contributed by atoms with Crippen LogP contribution in [0.1, 0.15) is 27.4 Å². The van der Waals surface area contributed by atoms with Crippen molar-refractivity contribution in [3.05, 3.63) is 51.4 Å². The average Bonchev–Trinajstić information content (AvgIpc) is 2.67. The summed E-state index contributed by atoms with van der Waals surface area (Å²) in [5.74, 6) is 1.88. The summed E-state index contributed by atoms with van der Waals surface area (Å²) in [6.45, 7) is 7.17. The summed E-state index contributed by atoms with van der Waals surface area (Å²) in [7, 11) is 2.15. The van der Waals surface area contributed by atoms with Crippen molar-refractivity contribution in [3.8, 4) is 0 Å². The predicted molar refractivity (Wildman–Crippen MR) is 109 cm³/mol. The van der Waals surface area contributed by atoms with E-state index in [2.05, 4.69) is 37.8 Å². The normalized spacial score (nSPS) is 17.7. The van der Waals surface area contributed by atoms with Crippen LogP contribution in [0.4, 0.5) is 5.82 Å². The van der Waals surface area contributed by atoms with E-state index < -0.39 is 0 Å². The second-order valence-corrected chi connectivity index (χ2v) is 8.12. The number of piperazine rings is 1. The standard InChI is InChI=1S/C20H24BrN5O/c1-14-22-18-7-8-26(20(27)15-5-3-4-6-17(15)21)13-16(18)19(23-14)25-11-9-24(2)10-12-25/h3-6H,7-13H2,1-2H3. The van der Waals surface area contributed by atoms with Crippen LogP contribution in [-0.4, -0.2) is 65.4 Å². The lowest BCUT2D eigenvalue weighted by atomic mass is 10.0. The first-order valence-electron chi connectivity index (χ1n) is 9.36. The van der Waals surface area contributed by atoms with Gasteiger partial charge in [0, 0.05) is 49.2 Å². The van der Waals surface area contributed by atoms with E-state index in [-0.39, 0.29) is 5.91 Å². The predicted octanol–water partition coefficient (Wildman–Crippen LogP) is 2.50. The van der Waals surface area contributed by atoms with Crippen molar-refractivity contribution in [2.24, 2.45) is 0 Å². The number of hydrogen-bond acceptors (Lipinski definition) is 5. The highest BCUT2D eigenvalue weighted by Gasteiger charge is 2.29. The first-order valence-corrected chi connectivity index (χ1v) is 10.2. The zero-order valence-electron chi connectivity index (χ0n) is 15.8. The largest absolute Gasteiger partial charge is 0.354 e. The molecule has 2 aromatic rings. The van der Waals surface area contributed by atoms with Crippen LogP contribution in [0, 0.1) is 6.92 Å². The fourth-order valence-electron chi connectivity index (χ4n) is 3.78. The van der Waals surface area contributed by atoms with Gasteiger partial charge in [0.2, 0.25) is 0 Å². The van der Waals surface area contributed by atoms with Crippen LogP contribution in [0.3, 0.4) is 0 Å². The van der Waals surface area contributed by atoms with E-state index >= 15 is 0 Å². The molecule has 0 spiro atoms. The first kappa shape index (κ1) is 18.4. The smallest absolute Gasteiger partial charge is 0.255 e. The maximum absolute atomic E-state index is 13.1. The van der Waals surface area contributed by atoms with E-state index in [1.807, 2.05) is 36.1 Å². The minimum Gasteiger partial charge on any atom is -0.354 e. The van der Waals surface area contributed by atoms with E-state index in [9.17, 15) is 4.79 Å². The van der Waals surface area contributed by atoms with Gasteiger partial charge in [-0.1, -0.05) is 12.1 Å². The van der Waals surface area contributed by atoms with Crippen molar-refractivity contribution in [2.45, 2.75) is 19.9 Å². The third-order valence-corrected chi connectivity index (χ3v) is 6.04. The molecule has 2 aliphatic rings. The zero-order valence-corrected chi connectivity index (χ0v) is 17.4. The Kier molecular flexibility index (Phi) is 5.14. The van der Waals surface area contributed by atoms with Gasteiger partial charge in [0.25, 0.3) is 5.91 Å². The number of anilines is 1. The molecule has 1 aromatic heterocycles. The zero-order chi connectivity index (χ0) is 19.0. The first-order chi connectivity index (χ1) is 13.0. The SMILES string of the molecule is Cc1nc2c(c(N3CCN(C)CC3)n1)CN(C(=O)c1ccccc1Br)CC2. The molecule has 1 fully saturated rings. The highest BCUT2D eigenvalue weighted by molar-refractivity contribution is 9.10. The second-order valence-electron chi connectivity index (χ2n) is 7.27. The molecule has 0 N–H and O–H groups in total. The van der Waals surface area contributed by atoms with Crippen LogP contribution < -0.4 is 4.90 Å². The number of aryl methyl sites for hydroxylation is 1. The van der Waals surface area contributed by atoms with Crippen LogP contribution in [-0.2, 0) is 13.0 Å². The van der Waals surface area contributed by atoms with E-state index in [4.69, 9.17) is 4.98 Å². The molecule has 0 saturated carbocycles. The Hall–Kier alpha value is -1.99. The molecular formula is C20H24BrN5O. The van der Waals surface area contributed by atoms with Crippen LogP contribution in [0.5, 0.6) is 0 Å². The third kappa shape index (κ3) is 3.71. The van der Waals surface area contributed by atoms with E-state index in [0.717, 1.165) is 60.0 Å². The van der Waals surface area contributed by atoms with Crippen LogP contribution in [0.15, 0.2) is 28.7 Å². The summed E-state index contributed by atoms with van der Waals surface area (Å²) in [4.78, 5) is 29.1. The number of aromatic nitrogens is 2. The number of carbonyl (C=O) groups excluding carboxylic acids is 1. The molecule has 2 aliphatic heterocycles. The van der Waals surface area contributed by atoms with Gasteiger partial charge in [0.05, 0.1) is 17.8 Å². The number of carbonyl (C=O) groups is 1. The molecule has 1 aromatic carbocycles. The van der Waals surface area contributed by atoms with Gasteiger partial charge in [-0.3, -0.25) is 4.79 Å². The fourth-order valence-corrected chi connectivity index (χ4v) is 4.23. The minimum atomic E-state index is 0.0537. The molecule has 27 heavy (non-hydrogen) atoms.